The topological polar surface area (TPSA) is 68.2 Å². The first-order valence-electron chi connectivity index (χ1n) is 11.4. The average molecular weight is 503 g/mol. The summed E-state index contributed by atoms with van der Waals surface area (Å²) >= 11 is 3.56. The van der Waals surface area contributed by atoms with Crippen LogP contribution < -0.4 is 10.6 Å². The Labute approximate surface area is 202 Å². The van der Waals surface area contributed by atoms with Gasteiger partial charge in [-0.05, 0) is 72.3 Å². The third-order valence-electron chi connectivity index (χ3n) is 6.70. The molecule has 0 spiro atoms. The highest BCUT2D eigenvalue weighted by Crippen LogP contribution is 2.38. The number of carbonyl (C=O) groups excluding carboxylic acids is 1. The third kappa shape index (κ3) is 4.09. The van der Waals surface area contributed by atoms with Gasteiger partial charge in [0.2, 0.25) is 0 Å². The highest BCUT2D eigenvalue weighted by Gasteiger charge is 2.52. The minimum atomic E-state index is -1.12. The van der Waals surface area contributed by atoms with Gasteiger partial charge in [0.25, 0.3) is 5.91 Å². The molecule has 2 aliphatic heterocycles. The Morgan fingerprint density at radius 1 is 0.909 bits per heavy atom. The van der Waals surface area contributed by atoms with Gasteiger partial charge >= 0.3 is 0 Å². The lowest BCUT2D eigenvalue weighted by molar-refractivity contribution is -0.130. The first kappa shape index (κ1) is 21.9. The summed E-state index contributed by atoms with van der Waals surface area (Å²) in [5.41, 5.74) is 2.67. The van der Waals surface area contributed by atoms with E-state index in [1.54, 1.807) is 4.90 Å². The maximum absolute atomic E-state index is 14.1. The van der Waals surface area contributed by atoms with Crippen LogP contribution in [0.5, 0.6) is 0 Å². The summed E-state index contributed by atoms with van der Waals surface area (Å²) in [5.74, 6) is 0.496. The van der Waals surface area contributed by atoms with Crippen LogP contribution in [-0.4, -0.2) is 36.4 Å². The standard InChI is InChI=1S/C27H27BrN4O/c28-24-11-5-7-21(17-24)20-6-4-10-23(16-20)27(22-8-2-1-3-9-22)25(33)32(26(29)31-27)18-19-12-14-30-15-13-19/h1-11,16-17,19,30H,12-15,18H2,(H2,29,31). The Bertz CT molecular complexity index is 1180. The van der Waals surface area contributed by atoms with E-state index in [9.17, 15) is 4.79 Å². The van der Waals surface area contributed by atoms with E-state index in [4.69, 9.17) is 5.41 Å². The number of piperidine rings is 1. The molecule has 0 aromatic heterocycles. The zero-order valence-corrected chi connectivity index (χ0v) is 19.9. The monoisotopic (exact) mass is 502 g/mol. The largest absolute Gasteiger partial charge is 0.334 e. The number of carbonyl (C=O) groups is 1. The Kier molecular flexibility index (Phi) is 6.04. The molecule has 0 bridgehead atoms. The lowest BCUT2D eigenvalue weighted by Gasteiger charge is -2.30. The van der Waals surface area contributed by atoms with Crippen LogP contribution in [0.2, 0.25) is 0 Å². The van der Waals surface area contributed by atoms with E-state index in [0.717, 1.165) is 52.7 Å². The van der Waals surface area contributed by atoms with Crippen molar-refractivity contribution in [1.29, 1.82) is 5.41 Å². The van der Waals surface area contributed by atoms with Crippen molar-refractivity contribution < 1.29 is 4.79 Å². The first-order valence-corrected chi connectivity index (χ1v) is 12.2. The van der Waals surface area contributed by atoms with E-state index in [2.05, 4.69) is 50.8 Å². The maximum Gasteiger partial charge on any atom is 0.264 e. The van der Waals surface area contributed by atoms with Crippen LogP contribution in [0, 0.1) is 11.3 Å². The first-order chi connectivity index (χ1) is 16.1. The molecule has 5 rings (SSSR count). The molecule has 2 saturated heterocycles. The lowest BCUT2D eigenvalue weighted by atomic mass is 9.81. The predicted octanol–water partition coefficient (Wildman–Crippen LogP) is 4.73. The molecular formula is C27H27BrN4O. The molecule has 1 unspecified atom stereocenters. The molecule has 0 saturated carbocycles. The van der Waals surface area contributed by atoms with Gasteiger partial charge in [0, 0.05) is 11.0 Å². The SMILES string of the molecule is N=C1NC(c2ccccc2)(c2cccc(-c3cccc(Br)c3)c2)C(=O)N1CC1CCNCC1. The van der Waals surface area contributed by atoms with Gasteiger partial charge in [0.15, 0.2) is 11.5 Å². The molecule has 168 valence electrons. The van der Waals surface area contributed by atoms with Crippen LogP contribution in [0.1, 0.15) is 24.0 Å². The van der Waals surface area contributed by atoms with Crippen molar-refractivity contribution in [2.45, 2.75) is 18.4 Å². The lowest BCUT2D eigenvalue weighted by Crippen LogP contribution is -2.45. The highest BCUT2D eigenvalue weighted by molar-refractivity contribution is 9.10. The quantitative estimate of drug-likeness (QED) is 0.472. The number of nitrogens with one attached hydrogen (secondary N) is 3. The average Bonchev–Trinajstić information content (AvgIpc) is 3.11. The summed E-state index contributed by atoms with van der Waals surface area (Å²) in [6.07, 6.45) is 2.04. The van der Waals surface area contributed by atoms with E-state index >= 15 is 0 Å². The normalized spacial score (nSPS) is 21.3. The van der Waals surface area contributed by atoms with Crippen molar-refractivity contribution in [3.63, 3.8) is 0 Å². The van der Waals surface area contributed by atoms with Gasteiger partial charge in [-0.1, -0.05) is 76.6 Å². The van der Waals surface area contributed by atoms with E-state index in [0.29, 0.717) is 12.5 Å². The maximum atomic E-state index is 14.1. The molecule has 0 radical (unpaired) electrons. The van der Waals surface area contributed by atoms with Crippen molar-refractivity contribution in [2.24, 2.45) is 5.92 Å². The second kappa shape index (κ2) is 9.12. The van der Waals surface area contributed by atoms with Crippen molar-refractivity contribution in [3.8, 4) is 11.1 Å². The molecule has 1 atom stereocenters. The van der Waals surface area contributed by atoms with Gasteiger partial charge in [-0.25, -0.2) is 0 Å². The summed E-state index contributed by atoms with van der Waals surface area (Å²) < 4.78 is 1.01. The number of hydrogen-bond donors (Lipinski definition) is 3. The van der Waals surface area contributed by atoms with Crippen LogP contribution in [0.3, 0.4) is 0 Å². The number of nitrogens with zero attached hydrogens (tertiary/aromatic N) is 1. The molecule has 2 aliphatic rings. The molecular weight excluding hydrogens is 476 g/mol. The minimum Gasteiger partial charge on any atom is -0.334 e. The molecule has 1 amide bonds. The van der Waals surface area contributed by atoms with Gasteiger partial charge in [0.1, 0.15) is 0 Å². The van der Waals surface area contributed by atoms with E-state index in [1.807, 2.05) is 54.6 Å². The summed E-state index contributed by atoms with van der Waals surface area (Å²) in [4.78, 5) is 15.8. The van der Waals surface area contributed by atoms with E-state index < -0.39 is 5.54 Å². The number of halogens is 1. The minimum absolute atomic E-state index is 0.0800. The summed E-state index contributed by atoms with van der Waals surface area (Å²) in [6.45, 7) is 2.50. The van der Waals surface area contributed by atoms with Gasteiger partial charge < -0.3 is 10.6 Å². The molecule has 2 heterocycles. The van der Waals surface area contributed by atoms with Crippen LogP contribution in [0.15, 0.2) is 83.3 Å². The van der Waals surface area contributed by atoms with Crippen molar-refractivity contribution in [3.05, 3.63) is 94.5 Å². The van der Waals surface area contributed by atoms with E-state index in [1.165, 1.54) is 0 Å². The van der Waals surface area contributed by atoms with Crippen molar-refractivity contribution in [1.82, 2.24) is 15.5 Å². The third-order valence-corrected chi connectivity index (χ3v) is 7.19. The smallest absolute Gasteiger partial charge is 0.264 e. The van der Waals surface area contributed by atoms with Gasteiger partial charge in [-0.2, -0.15) is 0 Å². The fourth-order valence-corrected chi connectivity index (χ4v) is 5.34. The predicted molar refractivity (Wildman–Crippen MR) is 135 cm³/mol. The molecule has 3 aromatic rings. The van der Waals surface area contributed by atoms with E-state index in [-0.39, 0.29) is 11.9 Å². The highest BCUT2D eigenvalue weighted by atomic mass is 79.9. The molecule has 0 aliphatic carbocycles. The fourth-order valence-electron chi connectivity index (χ4n) is 4.95. The number of hydrogen-bond acceptors (Lipinski definition) is 3. The molecule has 6 heteroatoms. The Balaban J connectivity index is 1.58. The van der Waals surface area contributed by atoms with Crippen LogP contribution in [0.25, 0.3) is 11.1 Å². The van der Waals surface area contributed by atoms with Gasteiger partial charge in [-0.3, -0.25) is 15.1 Å². The van der Waals surface area contributed by atoms with Crippen LogP contribution in [-0.2, 0) is 10.3 Å². The molecule has 33 heavy (non-hydrogen) atoms. The van der Waals surface area contributed by atoms with Gasteiger partial charge in [0.05, 0.1) is 0 Å². The summed E-state index contributed by atoms with van der Waals surface area (Å²) in [5, 5.41) is 15.4. The summed E-state index contributed by atoms with van der Waals surface area (Å²) in [7, 11) is 0. The van der Waals surface area contributed by atoms with Crippen LogP contribution >= 0.6 is 15.9 Å². The van der Waals surface area contributed by atoms with Gasteiger partial charge in [-0.15, -0.1) is 0 Å². The Hall–Kier alpha value is -2.96. The second-order valence-corrected chi connectivity index (χ2v) is 9.71. The molecule has 5 nitrogen and oxygen atoms in total. The summed E-state index contributed by atoms with van der Waals surface area (Å²) in [6, 6.07) is 26.0. The molecule has 3 N–H and O–H groups in total. The number of guanidine groups is 1. The fraction of sp³-hybridized carbons (Fsp3) is 0.259. The zero-order valence-electron chi connectivity index (χ0n) is 18.4. The second-order valence-electron chi connectivity index (χ2n) is 8.79. The zero-order chi connectivity index (χ0) is 22.8. The number of rotatable bonds is 5. The van der Waals surface area contributed by atoms with Crippen molar-refractivity contribution in [2.75, 3.05) is 19.6 Å². The number of amides is 1. The Morgan fingerprint density at radius 2 is 1.58 bits per heavy atom. The molecule has 2 fully saturated rings. The molecule has 3 aromatic carbocycles. The van der Waals surface area contributed by atoms with Crippen LogP contribution in [0.4, 0.5) is 0 Å². The number of benzene rings is 3. The Morgan fingerprint density at radius 3 is 2.30 bits per heavy atom. The van der Waals surface area contributed by atoms with Crippen molar-refractivity contribution >= 4 is 27.8 Å².